The molecule has 2 saturated heterocycles. The zero-order valence-corrected chi connectivity index (χ0v) is 23.6. The van der Waals surface area contributed by atoms with Crippen LogP contribution >= 0.6 is 0 Å². The molecule has 0 aromatic heterocycles. The number of ether oxygens (including phenoxy) is 2. The van der Waals surface area contributed by atoms with Crippen LogP contribution < -0.4 is 0 Å². The molecule has 2 aliphatic heterocycles. The van der Waals surface area contributed by atoms with Gasteiger partial charge in [-0.25, -0.2) is 0 Å². The summed E-state index contributed by atoms with van der Waals surface area (Å²) in [5, 5.41) is 20.5. The maximum Gasteiger partial charge on any atom is 0.446 e. The van der Waals surface area contributed by atoms with Gasteiger partial charge in [0, 0.05) is 28.7 Å². The van der Waals surface area contributed by atoms with Crippen molar-refractivity contribution in [3.8, 4) is 0 Å². The largest absolute Gasteiger partial charge is 0.446 e. The van der Waals surface area contributed by atoms with E-state index in [9.17, 15) is 33.0 Å². The first-order valence-corrected chi connectivity index (χ1v) is 14.1. The van der Waals surface area contributed by atoms with E-state index < -0.39 is 12.5 Å². The van der Waals surface area contributed by atoms with Crippen molar-refractivity contribution in [1.82, 2.24) is 9.80 Å². The van der Waals surface area contributed by atoms with E-state index in [2.05, 4.69) is 0 Å². The number of likely N-dealkylation sites (tertiary alicyclic amines) is 2. The number of alkyl halides is 3. The van der Waals surface area contributed by atoms with Crippen LogP contribution in [0.15, 0.2) is 0 Å². The van der Waals surface area contributed by atoms with Gasteiger partial charge in [0.15, 0.2) is 0 Å². The molecule has 9 nitrogen and oxygen atoms in total. The molecule has 6 bridgehead atoms. The van der Waals surface area contributed by atoms with Crippen LogP contribution in [-0.2, 0) is 23.9 Å². The highest BCUT2D eigenvalue weighted by Crippen LogP contribution is 2.51. The van der Waals surface area contributed by atoms with Crippen LogP contribution in [-0.4, -0.2) is 109 Å². The molecular weight excluding hydrogens is 533 g/mol. The number of aldehydes is 1. The van der Waals surface area contributed by atoms with Crippen molar-refractivity contribution in [1.29, 1.82) is 0 Å². The molecule has 0 aromatic rings. The number of aliphatic hydroxyl groups is 2. The minimum Gasteiger partial charge on any atom is -0.391 e. The van der Waals surface area contributed by atoms with Crippen molar-refractivity contribution >= 4 is 18.1 Å². The Balaban J connectivity index is 0.000000176. The van der Waals surface area contributed by atoms with Gasteiger partial charge in [-0.2, -0.15) is 13.2 Å². The van der Waals surface area contributed by atoms with Gasteiger partial charge in [0.2, 0.25) is 18.1 Å². The lowest BCUT2D eigenvalue weighted by Crippen LogP contribution is -2.53. The predicted octanol–water partition coefficient (Wildman–Crippen LogP) is 2.27. The fourth-order valence-electron chi connectivity index (χ4n) is 8.22. The molecule has 0 aromatic carbocycles. The molecule has 12 heteroatoms. The Hall–Kier alpha value is -1.76. The number of nitrogens with zero attached hydrogens (tertiary/aromatic N) is 2. The van der Waals surface area contributed by atoms with E-state index in [-0.39, 0.29) is 49.3 Å². The topological polar surface area (TPSA) is 117 Å². The van der Waals surface area contributed by atoms with Gasteiger partial charge in [-0.1, -0.05) is 13.8 Å². The minimum absolute atomic E-state index is 0.0452. The van der Waals surface area contributed by atoms with E-state index in [1.165, 1.54) is 12.8 Å². The Morgan fingerprint density at radius 3 is 1.45 bits per heavy atom. The number of fused-ring (bicyclic) bond motifs is 4. The van der Waals surface area contributed by atoms with Gasteiger partial charge in [0.05, 0.1) is 24.3 Å². The van der Waals surface area contributed by atoms with Crippen LogP contribution in [0.1, 0.15) is 53.7 Å². The Morgan fingerprint density at radius 2 is 1.15 bits per heavy atom. The van der Waals surface area contributed by atoms with E-state index >= 15 is 0 Å². The number of halogens is 3. The van der Waals surface area contributed by atoms with Crippen molar-refractivity contribution in [2.45, 2.75) is 82.8 Å². The van der Waals surface area contributed by atoms with E-state index in [1.54, 1.807) is 21.1 Å². The number of carbonyl (C=O) groups excluding carboxylic acids is 3. The molecule has 230 valence electrons. The lowest BCUT2D eigenvalue weighted by atomic mass is 9.78. The van der Waals surface area contributed by atoms with Crippen LogP contribution in [0.3, 0.4) is 0 Å². The van der Waals surface area contributed by atoms with Crippen LogP contribution in [0, 0.1) is 35.5 Å². The molecule has 4 saturated carbocycles. The summed E-state index contributed by atoms with van der Waals surface area (Å²) in [6.07, 6.45) is 0.544. The molecule has 6 aliphatic rings. The van der Waals surface area contributed by atoms with Crippen molar-refractivity contribution in [3.63, 3.8) is 0 Å². The second-order valence-corrected chi connectivity index (χ2v) is 11.8. The highest BCUT2D eigenvalue weighted by Gasteiger charge is 2.55. The number of rotatable bonds is 4. The molecule has 6 fully saturated rings. The van der Waals surface area contributed by atoms with Gasteiger partial charge >= 0.3 is 6.18 Å². The first kappa shape index (κ1) is 31.2. The molecule has 2 unspecified atom stereocenters. The summed E-state index contributed by atoms with van der Waals surface area (Å²) in [7, 11) is 3.09. The summed E-state index contributed by atoms with van der Waals surface area (Å²) in [6, 6.07) is 0.151. The summed E-state index contributed by atoms with van der Waals surface area (Å²) in [5.41, 5.74) is 0. The monoisotopic (exact) mass is 579 g/mol. The zero-order chi connectivity index (χ0) is 30.5. The SMILES string of the molecule is COCC(=O)N1C[C@@H]2C[C@H]3C[C@@H](C2)[C@H](O)C31.COCC(=O)N1C[C@@H]2C[C@H]3C[C@@H](C2)[C@H](O)C31.O=CC(F)(F)F.[2H]CC. The van der Waals surface area contributed by atoms with E-state index in [1.807, 2.05) is 9.80 Å². The summed E-state index contributed by atoms with van der Waals surface area (Å²) in [6.45, 7) is 4.24. The van der Waals surface area contributed by atoms with Gasteiger partial charge in [-0.3, -0.25) is 14.4 Å². The highest BCUT2D eigenvalue weighted by molar-refractivity contribution is 5.78. The van der Waals surface area contributed by atoms with Crippen molar-refractivity contribution in [2.75, 3.05) is 40.5 Å². The maximum atomic E-state index is 11.9. The van der Waals surface area contributed by atoms with Crippen LogP contribution in [0.25, 0.3) is 0 Å². The summed E-state index contributed by atoms with van der Waals surface area (Å²) >= 11 is 0. The van der Waals surface area contributed by atoms with E-state index in [4.69, 9.17) is 15.6 Å². The van der Waals surface area contributed by atoms with Gasteiger partial charge < -0.3 is 29.5 Å². The normalized spacial score (nSPS) is 38.2. The van der Waals surface area contributed by atoms with Crippen LogP contribution in [0.4, 0.5) is 13.2 Å². The molecule has 2 amide bonds. The van der Waals surface area contributed by atoms with Gasteiger partial charge in [0.25, 0.3) is 0 Å². The number of piperidine rings is 2. The second-order valence-electron chi connectivity index (χ2n) is 11.8. The number of carbonyl (C=O) groups is 3. The number of hydrogen-bond acceptors (Lipinski definition) is 7. The molecule has 10 atom stereocenters. The van der Waals surface area contributed by atoms with Gasteiger partial charge in [0.1, 0.15) is 13.2 Å². The number of aliphatic hydroxyl groups excluding tert-OH is 2. The average Bonchev–Trinajstić information content (AvgIpc) is 3.18. The molecule has 0 spiro atoms. The third-order valence-corrected chi connectivity index (χ3v) is 9.33. The van der Waals surface area contributed by atoms with Crippen molar-refractivity contribution in [3.05, 3.63) is 0 Å². The number of hydrogen-bond donors (Lipinski definition) is 2. The lowest BCUT2D eigenvalue weighted by Gasteiger charge is -2.42. The molecule has 0 radical (unpaired) electrons. The summed E-state index contributed by atoms with van der Waals surface area (Å²) in [4.78, 5) is 36.4. The van der Waals surface area contributed by atoms with Gasteiger partial charge in [-0.15, -0.1) is 0 Å². The standard InChI is InChI=1S/2C12H19NO3.C2HF3O.C2H6/c2*1-16-6-10(14)13-5-7-2-8-4-9(3-7)12(15)11(8)13;3-2(4,5)1-6;1-2/h2*7-9,11-12,15H,2-6H2,1H3;1H;1-2H3/t2*7-,8+,9-,11?,12+;;/m11../s1/i;;;1D. The smallest absolute Gasteiger partial charge is 0.391 e. The molecule has 6 rings (SSSR count). The van der Waals surface area contributed by atoms with Crippen molar-refractivity contribution < 1.29 is 48.6 Å². The third kappa shape index (κ3) is 7.17. The third-order valence-electron chi connectivity index (χ3n) is 9.33. The van der Waals surface area contributed by atoms with Gasteiger partial charge in [-0.05, 0) is 74.0 Å². The Bertz CT molecular complexity index is 829. The fraction of sp³-hybridized carbons (Fsp3) is 0.893. The lowest BCUT2D eigenvalue weighted by molar-refractivity contribution is -0.156. The predicted molar refractivity (Wildman–Crippen MR) is 139 cm³/mol. The quantitative estimate of drug-likeness (QED) is 0.491. The minimum atomic E-state index is -4.64. The average molecular weight is 580 g/mol. The molecular formula is C28H45F3N2O7. The summed E-state index contributed by atoms with van der Waals surface area (Å²) in [5.74, 6) is 3.26. The molecule has 2 heterocycles. The second kappa shape index (κ2) is 13.9. The van der Waals surface area contributed by atoms with E-state index in [0.717, 1.165) is 38.8 Å². The first-order chi connectivity index (χ1) is 19.4. The molecule has 4 aliphatic carbocycles. The Labute approximate surface area is 235 Å². The van der Waals surface area contributed by atoms with E-state index in [0.29, 0.717) is 42.4 Å². The fourth-order valence-corrected chi connectivity index (χ4v) is 8.22. The first-order valence-electron chi connectivity index (χ1n) is 14.8. The van der Waals surface area contributed by atoms with Crippen LogP contribution in [0.2, 0.25) is 0 Å². The van der Waals surface area contributed by atoms with Crippen molar-refractivity contribution in [2.24, 2.45) is 35.5 Å². The number of amides is 2. The number of methoxy groups -OCH3 is 2. The summed E-state index contributed by atoms with van der Waals surface area (Å²) < 4.78 is 47.3. The Morgan fingerprint density at radius 1 is 0.825 bits per heavy atom. The molecule has 2 N–H and O–H groups in total. The molecule has 40 heavy (non-hydrogen) atoms. The zero-order valence-electron chi connectivity index (χ0n) is 24.6. The Kier molecular flexibility index (Phi) is 10.9. The highest BCUT2D eigenvalue weighted by atomic mass is 19.4. The maximum absolute atomic E-state index is 11.9. The van der Waals surface area contributed by atoms with Crippen LogP contribution in [0.5, 0.6) is 0 Å².